The minimum atomic E-state index is -5.04. The fraction of sp³-hybridized carbons (Fsp3) is 0.391. The van der Waals surface area contributed by atoms with Gasteiger partial charge in [-0.25, -0.2) is 0 Å². The molecule has 1 saturated heterocycles. The van der Waals surface area contributed by atoms with Crippen LogP contribution in [0.2, 0.25) is 0 Å². The van der Waals surface area contributed by atoms with Crippen molar-refractivity contribution in [2.45, 2.75) is 43.7 Å². The van der Waals surface area contributed by atoms with Gasteiger partial charge in [0.15, 0.2) is 0 Å². The molecule has 5 nitrogen and oxygen atoms in total. The Hall–Kier alpha value is -2.79. The van der Waals surface area contributed by atoms with Crippen LogP contribution in [-0.2, 0) is 23.6 Å². The maximum absolute atomic E-state index is 13.1. The number of alkyl halides is 6. The number of carbonyl (C=O) groups excluding carboxylic acids is 2. The summed E-state index contributed by atoms with van der Waals surface area (Å²) in [5.74, 6) is -1.30. The molecule has 2 aromatic rings. The molecule has 2 aromatic carbocycles. The first-order chi connectivity index (χ1) is 15.8. The monoisotopic (exact) mass is 523 g/mol. The number of piperidine rings is 1. The first-order valence-corrected chi connectivity index (χ1v) is 10.5. The summed E-state index contributed by atoms with van der Waals surface area (Å²) in [5, 5.41) is 2.80. The Balaban J connectivity index is 0.00000432. The van der Waals surface area contributed by atoms with E-state index in [2.05, 4.69) is 5.32 Å². The molecule has 1 aliphatic rings. The lowest BCUT2D eigenvalue weighted by Crippen LogP contribution is -2.51. The van der Waals surface area contributed by atoms with Crippen molar-refractivity contribution in [2.24, 2.45) is 5.73 Å². The second kappa shape index (κ2) is 11.3. The minimum absolute atomic E-state index is 0. The van der Waals surface area contributed by atoms with Gasteiger partial charge >= 0.3 is 12.4 Å². The highest BCUT2D eigenvalue weighted by Crippen LogP contribution is 2.36. The molecule has 0 bridgehead atoms. The number of nitrogens with one attached hydrogen (secondary N) is 1. The highest BCUT2D eigenvalue weighted by atomic mass is 35.5. The van der Waals surface area contributed by atoms with Crippen molar-refractivity contribution in [3.8, 4) is 0 Å². The van der Waals surface area contributed by atoms with Gasteiger partial charge < -0.3 is 16.0 Å². The molecule has 1 aliphatic heterocycles. The van der Waals surface area contributed by atoms with Crippen LogP contribution in [0.1, 0.15) is 39.9 Å². The Labute approximate surface area is 204 Å². The standard InChI is InChI=1S/C23H23F6N3O2.ClH/c24-22(25,26)16-11-15(12-17(13-16)23(27,28)29)21(34)32-8-6-18(7-9-32)31-20(33)19(30)10-14-4-2-1-3-5-14;/h1-5,11-13,18-19H,6-10,30H2,(H,31,33);1H/t19-;/m1./s1. The Morgan fingerprint density at radius 2 is 1.46 bits per heavy atom. The average Bonchev–Trinajstić information content (AvgIpc) is 2.78. The molecule has 1 atom stereocenters. The van der Waals surface area contributed by atoms with Crippen molar-refractivity contribution in [3.05, 3.63) is 70.8 Å². The van der Waals surface area contributed by atoms with Crippen molar-refractivity contribution in [1.82, 2.24) is 10.2 Å². The van der Waals surface area contributed by atoms with Gasteiger partial charge in [0.2, 0.25) is 5.91 Å². The van der Waals surface area contributed by atoms with Gasteiger partial charge in [0.25, 0.3) is 5.91 Å². The molecule has 0 unspecified atom stereocenters. The summed E-state index contributed by atoms with van der Waals surface area (Å²) < 4.78 is 78.4. The first-order valence-electron chi connectivity index (χ1n) is 10.5. The number of hydrogen-bond donors (Lipinski definition) is 2. The quantitative estimate of drug-likeness (QED) is 0.569. The highest BCUT2D eigenvalue weighted by Gasteiger charge is 2.38. The van der Waals surface area contributed by atoms with E-state index in [0.717, 1.165) is 5.56 Å². The summed E-state index contributed by atoms with van der Waals surface area (Å²) in [6, 6.07) is 8.92. The zero-order chi connectivity index (χ0) is 25.1. The number of carbonyl (C=O) groups is 2. The van der Waals surface area contributed by atoms with Gasteiger partial charge in [0.1, 0.15) is 0 Å². The largest absolute Gasteiger partial charge is 0.416 e. The molecule has 3 rings (SSSR count). The summed E-state index contributed by atoms with van der Waals surface area (Å²) in [6.45, 7) is 0.130. The number of nitrogens with zero attached hydrogens (tertiary/aromatic N) is 1. The third-order valence-corrected chi connectivity index (χ3v) is 5.60. The van der Waals surface area contributed by atoms with E-state index in [0.29, 0.717) is 31.4 Å². The van der Waals surface area contributed by atoms with Gasteiger partial charge in [-0.2, -0.15) is 26.3 Å². The van der Waals surface area contributed by atoms with Gasteiger partial charge in [-0.3, -0.25) is 9.59 Å². The van der Waals surface area contributed by atoms with Gasteiger partial charge in [-0.05, 0) is 43.0 Å². The Bertz CT molecular complexity index is 990. The molecular formula is C23H24ClF6N3O2. The van der Waals surface area contributed by atoms with Crippen LogP contribution in [0.4, 0.5) is 26.3 Å². The number of likely N-dealkylation sites (tertiary alicyclic amines) is 1. The van der Waals surface area contributed by atoms with E-state index in [1.807, 2.05) is 30.3 Å². The van der Waals surface area contributed by atoms with Crippen molar-refractivity contribution in [1.29, 1.82) is 0 Å². The molecule has 192 valence electrons. The van der Waals surface area contributed by atoms with Crippen LogP contribution >= 0.6 is 12.4 Å². The van der Waals surface area contributed by atoms with Crippen LogP contribution in [0, 0.1) is 0 Å². The lowest BCUT2D eigenvalue weighted by atomic mass is 10.00. The predicted octanol–water partition coefficient (Wildman–Crippen LogP) is 4.44. The molecule has 12 heteroatoms. The topological polar surface area (TPSA) is 75.4 Å². The number of halogens is 7. The zero-order valence-electron chi connectivity index (χ0n) is 18.3. The third kappa shape index (κ3) is 7.60. The van der Waals surface area contributed by atoms with E-state index >= 15 is 0 Å². The van der Waals surface area contributed by atoms with E-state index < -0.39 is 41.0 Å². The summed E-state index contributed by atoms with van der Waals surface area (Å²) >= 11 is 0. The fourth-order valence-corrected chi connectivity index (χ4v) is 3.76. The second-order valence-electron chi connectivity index (χ2n) is 8.17. The number of benzene rings is 2. The first kappa shape index (κ1) is 28.4. The zero-order valence-corrected chi connectivity index (χ0v) is 19.1. The Kier molecular flexibility index (Phi) is 9.18. The summed E-state index contributed by atoms with van der Waals surface area (Å²) in [7, 11) is 0. The van der Waals surface area contributed by atoms with E-state index in [4.69, 9.17) is 5.73 Å². The van der Waals surface area contributed by atoms with Crippen LogP contribution in [-0.4, -0.2) is 41.9 Å². The maximum atomic E-state index is 13.1. The fourth-order valence-electron chi connectivity index (χ4n) is 3.76. The number of amides is 2. The summed E-state index contributed by atoms with van der Waals surface area (Å²) in [4.78, 5) is 26.3. The van der Waals surface area contributed by atoms with Crippen LogP contribution < -0.4 is 11.1 Å². The van der Waals surface area contributed by atoms with E-state index in [-0.39, 0.29) is 43.5 Å². The maximum Gasteiger partial charge on any atom is 0.416 e. The van der Waals surface area contributed by atoms with Gasteiger partial charge in [0.05, 0.1) is 17.2 Å². The number of nitrogens with two attached hydrogens (primary N) is 1. The van der Waals surface area contributed by atoms with Crippen LogP contribution in [0.5, 0.6) is 0 Å². The molecule has 35 heavy (non-hydrogen) atoms. The lowest BCUT2D eigenvalue weighted by molar-refractivity contribution is -0.143. The predicted molar refractivity (Wildman–Crippen MR) is 119 cm³/mol. The molecule has 0 radical (unpaired) electrons. The average molecular weight is 524 g/mol. The molecule has 0 spiro atoms. The normalized spacial score (nSPS) is 15.8. The van der Waals surface area contributed by atoms with Gasteiger partial charge in [-0.15, -0.1) is 12.4 Å². The minimum Gasteiger partial charge on any atom is -0.352 e. The van der Waals surface area contributed by atoms with Gasteiger partial charge in [-0.1, -0.05) is 30.3 Å². The molecule has 1 fully saturated rings. The molecule has 0 aromatic heterocycles. The third-order valence-electron chi connectivity index (χ3n) is 5.60. The van der Waals surface area contributed by atoms with E-state index in [1.165, 1.54) is 4.90 Å². The van der Waals surface area contributed by atoms with Crippen molar-refractivity contribution < 1.29 is 35.9 Å². The van der Waals surface area contributed by atoms with Crippen molar-refractivity contribution in [3.63, 3.8) is 0 Å². The summed E-state index contributed by atoms with van der Waals surface area (Å²) in [5.41, 5.74) is 3.08. The smallest absolute Gasteiger partial charge is 0.352 e. The lowest BCUT2D eigenvalue weighted by Gasteiger charge is -2.33. The number of hydrogen-bond acceptors (Lipinski definition) is 3. The molecule has 0 aliphatic carbocycles. The molecule has 0 saturated carbocycles. The summed E-state index contributed by atoms with van der Waals surface area (Å²) in [6.07, 6.45) is -9.15. The van der Waals surface area contributed by atoms with Crippen LogP contribution in [0.25, 0.3) is 0 Å². The SMILES string of the molecule is Cl.N[C@H](Cc1ccccc1)C(=O)NC1CCN(C(=O)c2cc(C(F)(F)F)cc(C(F)(F)F)c2)CC1. The molecule has 3 N–H and O–H groups in total. The molecule has 2 amide bonds. The molecule has 1 heterocycles. The van der Waals surface area contributed by atoms with E-state index in [1.54, 1.807) is 0 Å². The van der Waals surface area contributed by atoms with Crippen LogP contribution in [0.3, 0.4) is 0 Å². The Morgan fingerprint density at radius 1 is 0.943 bits per heavy atom. The highest BCUT2D eigenvalue weighted by molar-refractivity contribution is 5.94. The Morgan fingerprint density at radius 3 is 1.94 bits per heavy atom. The van der Waals surface area contributed by atoms with Crippen molar-refractivity contribution >= 4 is 24.2 Å². The van der Waals surface area contributed by atoms with E-state index in [9.17, 15) is 35.9 Å². The van der Waals surface area contributed by atoms with Crippen LogP contribution in [0.15, 0.2) is 48.5 Å². The van der Waals surface area contributed by atoms with Crippen molar-refractivity contribution in [2.75, 3.05) is 13.1 Å². The van der Waals surface area contributed by atoms with Gasteiger partial charge in [0, 0.05) is 24.7 Å². The molecular weight excluding hydrogens is 500 g/mol. The second-order valence-corrected chi connectivity index (χ2v) is 8.17. The number of rotatable bonds is 5.